The summed E-state index contributed by atoms with van der Waals surface area (Å²) in [5.74, 6) is -0.444. The summed E-state index contributed by atoms with van der Waals surface area (Å²) >= 11 is 0. The van der Waals surface area contributed by atoms with Crippen LogP contribution in [0, 0.1) is 5.82 Å². The molecule has 14 heteroatoms. The number of hydrogen-bond acceptors (Lipinski definition) is 7. The van der Waals surface area contributed by atoms with E-state index in [-0.39, 0.29) is 29.3 Å². The molecule has 0 atom stereocenters. The molecule has 0 radical (unpaired) electrons. The van der Waals surface area contributed by atoms with E-state index in [4.69, 9.17) is 10.5 Å². The van der Waals surface area contributed by atoms with E-state index in [9.17, 15) is 18.0 Å². The van der Waals surface area contributed by atoms with Gasteiger partial charge in [-0.05, 0) is 48.2 Å². The average Bonchev–Trinajstić information content (AvgIpc) is 3.78. The van der Waals surface area contributed by atoms with Gasteiger partial charge in [0.05, 0.1) is 23.2 Å². The van der Waals surface area contributed by atoms with Crippen molar-refractivity contribution in [3.05, 3.63) is 65.9 Å². The number of alkyl halides is 3. The molecule has 4 N–H and O–H groups in total. The molecule has 0 unspecified atom stereocenters. The predicted molar refractivity (Wildman–Crippen MR) is 163 cm³/mol. The van der Waals surface area contributed by atoms with Gasteiger partial charge in [0.25, 0.3) is 0 Å². The van der Waals surface area contributed by atoms with Crippen LogP contribution in [-0.2, 0) is 17.5 Å². The van der Waals surface area contributed by atoms with Crippen LogP contribution < -0.4 is 16.4 Å². The first-order valence-corrected chi connectivity index (χ1v) is 14.7. The van der Waals surface area contributed by atoms with Crippen molar-refractivity contribution < 1.29 is 27.1 Å². The number of benzene rings is 2. The van der Waals surface area contributed by atoms with E-state index in [1.54, 1.807) is 13.2 Å². The molecule has 1 aliphatic heterocycles. The van der Waals surface area contributed by atoms with Gasteiger partial charge < -0.3 is 25.7 Å². The average molecular weight is 627 g/mol. The molecular formula is C31H34F4N8O2. The number of fused-ring (bicyclic) bond motifs is 1. The van der Waals surface area contributed by atoms with Crippen molar-refractivity contribution in [3.8, 4) is 11.1 Å². The number of nitrogen functional groups attached to an aromatic ring is 1. The number of piperazine rings is 1. The smallest absolute Gasteiger partial charge is 0.383 e. The maximum Gasteiger partial charge on any atom is 0.416 e. The summed E-state index contributed by atoms with van der Waals surface area (Å²) in [5, 5.41) is 5.42. The highest BCUT2D eigenvalue weighted by molar-refractivity contribution is 6.02. The second kappa shape index (κ2) is 12.6. The topological polar surface area (TPSA) is 114 Å². The standard InChI is InChI=1S/C31H34F4N8O2/c1-45-13-12-41-8-10-42(11-9-41)16-20-2-4-21(15-24(20)31(33,34)35)39-30(44)40-26-7-3-19(14-25(26)32)23-17-43(22-5-6-22)29-27(23)28(36)37-18-38-29/h2-4,7,14-15,17-18,22H,5-6,8-13,16H2,1H3,(H2,36,37,38)(H2,39,40,44). The van der Waals surface area contributed by atoms with E-state index in [0.29, 0.717) is 47.9 Å². The number of carbonyl (C=O) groups excluding carboxylic acids is 1. The van der Waals surface area contributed by atoms with E-state index in [2.05, 4.69) is 25.5 Å². The van der Waals surface area contributed by atoms with Gasteiger partial charge in [-0.2, -0.15) is 13.2 Å². The largest absolute Gasteiger partial charge is 0.416 e. The van der Waals surface area contributed by atoms with E-state index in [0.717, 1.165) is 38.5 Å². The Morgan fingerprint density at radius 3 is 2.49 bits per heavy atom. The molecule has 3 heterocycles. The second-order valence-electron chi connectivity index (χ2n) is 11.4. The van der Waals surface area contributed by atoms with Crippen LogP contribution in [0.5, 0.6) is 0 Å². The van der Waals surface area contributed by atoms with Gasteiger partial charge in [0.2, 0.25) is 0 Å². The number of aromatic nitrogens is 3. The van der Waals surface area contributed by atoms with Gasteiger partial charge in [-0.3, -0.25) is 9.80 Å². The molecule has 0 spiro atoms. The van der Waals surface area contributed by atoms with E-state index in [1.165, 1.54) is 30.6 Å². The molecule has 1 saturated carbocycles. The normalized spacial score (nSPS) is 16.3. The van der Waals surface area contributed by atoms with Gasteiger partial charge in [-0.25, -0.2) is 19.2 Å². The Morgan fingerprint density at radius 2 is 1.80 bits per heavy atom. The zero-order chi connectivity index (χ0) is 31.7. The minimum atomic E-state index is -4.62. The lowest BCUT2D eigenvalue weighted by Gasteiger charge is -2.35. The van der Waals surface area contributed by atoms with Crippen molar-refractivity contribution in [1.29, 1.82) is 0 Å². The number of urea groups is 1. The Labute approximate surface area is 257 Å². The number of nitrogens with two attached hydrogens (primary N) is 1. The van der Waals surface area contributed by atoms with Crippen LogP contribution in [0.25, 0.3) is 22.2 Å². The fourth-order valence-corrected chi connectivity index (χ4v) is 5.72. The molecule has 2 amide bonds. The van der Waals surface area contributed by atoms with Crippen LogP contribution in [0.1, 0.15) is 30.0 Å². The molecule has 1 saturated heterocycles. The van der Waals surface area contributed by atoms with Gasteiger partial charge in [0.1, 0.15) is 23.6 Å². The number of nitrogens with one attached hydrogen (secondary N) is 2. The lowest BCUT2D eigenvalue weighted by molar-refractivity contribution is -0.138. The summed E-state index contributed by atoms with van der Waals surface area (Å²) in [4.78, 5) is 25.4. The fraction of sp³-hybridized carbons (Fsp3) is 0.387. The van der Waals surface area contributed by atoms with Crippen LogP contribution in [0.2, 0.25) is 0 Å². The molecule has 2 fully saturated rings. The molecule has 238 valence electrons. The molecule has 0 bridgehead atoms. The molecule has 2 aromatic heterocycles. The Balaban J connectivity index is 1.14. The summed E-state index contributed by atoms with van der Waals surface area (Å²) in [7, 11) is 1.64. The number of anilines is 3. The Bertz CT molecular complexity index is 1700. The monoisotopic (exact) mass is 626 g/mol. The van der Waals surface area contributed by atoms with Gasteiger partial charge in [0.15, 0.2) is 0 Å². The lowest BCUT2D eigenvalue weighted by Crippen LogP contribution is -2.46. The van der Waals surface area contributed by atoms with Crippen LogP contribution in [0.15, 0.2) is 48.9 Å². The number of carbonyl (C=O) groups is 1. The number of hydrogen-bond donors (Lipinski definition) is 3. The van der Waals surface area contributed by atoms with Crippen LogP contribution in [0.4, 0.5) is 39.5 Å². The number of halogens is 4. The maximum absolute atomic E-state index is 15.2. The summed E-state index contributed by atoms with van der Waals surface area (Å²) in [5.41, 5.74) is 7.10. The molecular weight excluding hydrogens is 592 g/mol. The summed E-state index contributed by atoms with van der Waals surface area (Å²) in [6, 6.07) is 7.41. The molecule has 1 aliphatic carbocycles. The van der Waals surface area contributed by atoms with Gasteiger partial charge in [-0.1, -0.05) is 12.1 Å². The maximum atomic E-state index is 15.2. The van der Waals surface area contributed by atoms with Gasteiger partial charge in [0, 0.05) is 69.9 Å². The first-order chi connectivity index (χ1) is 21.6. The molecule has 10 nitrogen and oxygen atoms in total. The molecule has 45 heavy (non-hydrogen) atoms. The highest BCUT2D eigenvalue weighted by atomic mass is 19.4. The van der Waals surface area contributed by atoms with Crippen molar-refractivity contribution in [3.63, 3.8) is 0 Å². The number of rotatable bonds is 9. The summed E-state index contributed by atoms with van der Waals surface area (Å²) in [6.07, 6.45) is 0.680. The third-order valence-electron chi connectivity index (χ3n) is 8.25. The Hall–Kier alpha value is -4.27. The van der Waals surface area contributed by atoms with Crippen molar-refractivity contribution in [2.75, 3.05) is 62.8 Å². The Morgan fingerprint density at radius 1 is 1.04 bits per heavy atom. The predicted octanol–water partition coefficient (Wildman–Crippen LogP) is 5.58. The zero-order valence-corrected chi connectivity index (χ0v) is 24.7. The number of methoxy groups -OCH3 is 1. The van der Waals surface area contributed by atoms with Crippen LogP contribution in [0.3, 0.4) is 0 Å². The van der Waals surface area contributed by atoms with Crippen molar-refractivity contribution in [2.45, 2.75) is 31.6 Å². The number of amides is 2. The van der Waals surface area contributed by atoms with Crippen LogP contribution in [-0.4, -0.2) is 76.8 Å². The molecule has 2 aromatic carbocycles. The summed E-state index contributed by atoms with van der Waals surface area (Å²) in [6.45, 7) is 4.28. The van der Waals surface area contributed by atoms with Crippen LogP contribution >= 0.6 is 0 Å². The SMILES string of the molecule is COCCN1CCN(Cc2ccc(NC(=O)Nc3ccc(-c4cn(C5CC5)c5ncnc(N)c45)cc3F)cc2C(F)(F)F)CC1. The lowest BCUT2D eigenvalue weighted by atomic mass is 10.0. The third-order valence-corrected chi connectivity index (χ3v) is 8.25. The number of nitrogens with zero attached hydrogens (tertiary/aromatic N) is 5. The van der Waals surface area contributed by atoms with Crippen molar-refractivity contribution in [1.82, 2.24) is 24.3 Å². The molecule has 2 aliphatic rings. The Kier molecular flexibility index (Phi) is 8.62. The van der Waals surface area contributed by atoms with Crippen molar-refractivity contribution in [2.24, 2.45) is 0 Å². The zero-order valence-electron chi connectivity index (χ0n) is 24.7. The molecule has 6 rings (SSSR count). The van der Waals surface area contributed by atoms with Gasteiger partial charge in [-0.15, -0.1) is 0 Å². The van der Waals surface area contributed by atoms with E-state index < -0.39 is 23.6 Å². The molecule has 4 aromatic rings. The van der Waals surface area contributed by atoms with Crippen molar-refractivity contribution >= 4 is 34.3 Å². The summed E-state index contributed by atoms with van der Waals surface area (Å²) < 4.78 is 64.4. The van der Waals surface area contributed by atoms with E-state index in [1.807, 2.05) is 15.7 Å². The third kappa shape index (κ3) is 6.87. The fourth-order valence-electron chi connectivity index (χ4n) is 5.72. The minimum absolute atomic E-state index is 0.0617. The van der Waals surface area contributed by atoms with Gasteiger partial charge >= 0.3 is 12.2 Å². The first kappa shape index (κ1) is 30.7. The van der Waals surface area contributed by atoms with E-state index >= 15 is 4.39 Å². The quantitative estimate of drug-likeness (QED) is 0.208. The minimum Gasteiger partial charge on any atom is -0.383 e. The number of ether oxygens (including phenoxy) is 1. The second-order valence-corrected chi connectivity index (χ2v) is 11.4. The highest BCUT2D eigenvalue weighted by Gasteiger charge is 2.34. The first-order valence-electron chi connectivity index (χ1n) is 14.7. The highest BCUT2D eigenvalue weighted by Crippen LogP contribution is 2.42.